The van der Waals surface area contributed by atoms with Gasteiger partial charge in [-0.15, -0.1) is 0 Å². The van der Waals surface area contributed by atoms with Crippen LogP contribution in [0.5, 0.6) is 5.75 Å². The molecular weight excluding hydrogens is 187 g/mol. The average molecular weight is 198 g/mol. The quantitative estimate of drug-likeness (QED) is 0.693. The van der Waals surface area contributed by atoms with Gasteiger partial charge in [0, 0.05) is 6.07 Å². The summed E-state index contributed by atoms with van der Waals surface area (Å²) in [5, 5.41) is 0. The van der Waals surface area contributed by atoms with Crippen molar-refractivity contribution in [3.05, 3.63) is 29.6 Å². The van der Waals surface area contributed by atoms with E-state index in [2.05, 4.69) is 4.74 Å². The smallest absolute Gasteiger partial charge is 0.343 e. The fourth-order valence-electron chi connectivity index (χ4n) is 0.865. The van der Waals surface area contributed by atoms with Crippen molar-refractivity contribution in [3.8, 4) is 5.75 Å². The highest BCUT2D eigenvalue weighted by Crippen LogP contribution is 2.15. The Hall–Kier alpha value is -1.58. The molecule has 1 aromatic carbocycles. The van der Waals surface area contributed by atoms with Crippen LogP contribution in [0.1, 0.15) is 5.56 Å². The first-order valence-corrected chi connectivity index (χ1v) is 4.09. The van der Waals surface area contributed by atoms with E-state index < -0.39 is 5.97 Å². The van der Waals surface area contributed by atoms with E-state index in [1.165, 1.54) is 13.2 Å². The highest BCUT2D eigenvalue weighted by molar-refractivity contribution is 5.70. The van der Waals surface area contributed by atoms with Crippen molar-refractivity contribution in [1.82, 2.24) is 0 Å². The van der Waals surface area contributed by atoms with E-state index in [9.17, 15) is 9.18 Å². The Labute approximate surface area is 81.4 Å². The third kappa shape index (κ3) is 2.73. The van der Waals surface area contributed by atoms with Crippen molar-refractivity contribution in [2.24, 2.45) is 0 Å². The topological polar surface area (TPSA) is 35.5 Å². The second kappa shape index (κ2) is 4.60. The standard InChI is InChI=1S/C10H11FO3/c1-7-3-4-8(5-9(7)11)14-6-10(12)13-2/h3-5H,6H2,1-2H3. The molecule has 0 unspecified atom stereocenters. The first kappa shape index (κ1) is 10.5. The Kier molecular flexibility index (Phi) is 3.45. The molecule has 14 heavy (non-hydrogen) atoms. The molecule has 0 fully saturated rings. The first-order chi connectivity index (χ1) is 6.63. The minimum Gasteiger partial charge on any atom is -0.482 e. The molecule has 0 aromatic heterocycles. The summed E-state index contributed by atoms with van der Waals surface area (Å²) in [5.41, 5.74) is 0.537. The van der Waals surface area contributed by atoms with Crippen molar-refractivity contribution < 1.29 is 18.7 Å². The van der Waals surface area contributed by atoms with Gasteiger partial charge in [0.15, 0.2) is 6.61 Å². The van der Waals surface area contributed by atoms with E-state index in [1.807, 2.05) is 0 Å². The van der Waals surface area contributed by atoms with E-state index in [1.54, 1.807) is 19.1 Å². The largest absolute Gasteiger partial charge is 0.482 e. The molecule has 4 heteroatoms. The van der Waals surface area contributed by atoms with Gasteiger partial charge in [-0.1, -0.05) is 6.07 Å². The molecule has 0 saturated carbocycles. The number of benzene rings is 1. The van der Waals surface area contributed by atoms with Crippen molar-refractivity contribution in [2.75, 3.05) is 13.7 Å². The zero-order chi connectivity index (χ0) is 10.6. The molecular formula is C10H11FO3. The molecule has 1 rings (SSSR count). The fourth-order valence-corrected chi connectivity index (χ4v) is 0.865. The van der Waals surface area contributed by atoms with Crippen LogP contribution < -0.4 is 4.74 Å². The van der Waals surface area contributed by atoms with Crippen LogP contribution in [0.15, 0.2) is 18.2 Å². The maximum atomic E-state index is 13.0. The van der Waals surface area contributed by atoms with Crippen LogP contribution in [0, 0.1) is 12.7 Å². The lowest BCUT2D eigenvalue weighted by Gasteiger charge is -2.05. The van der Waals surface area contributed by atoms with E-state index >= 15 is 0 Å². The lowest BCUT2D eigenvalue weighted by molar-refractivity contribution is -0.142. The molecule has 0 atom stereocenters. The minimum absolute atomic E-state index is 0.209. The van der Waals surface area contributed by atoms with Gasteiger partial charge in [-0.3, -0.25) is 0 Å². The molecule has 0 heterocycles. The average Bonchev–Trinajstić information content (AvgIpc) is 2.19. The summed E-state index contributed by atoms with van der Waals surface area (Å²) in [4.78, 5) is 10.7. The molecule has 0 aliphatic rings. The summed E-state index contributed by atoms with van der Waals surface area (Å²) in [6, 6.07) is 4.42. The molecule has 0 aliphatic heterocycles. The monoisotopic (exact) mass is 198 g/mol. The van der Waals surface area contributed by atoms with Crippen LogP contribution in [0.3, 0.4) is 0 Å². The number of halogens is 1. The summed E-state index contributed by atoms with van der Waals surface area (Å²) in [7, 11) is 1.27. The van der Waals surface area contributed by atoms with Gasteiger partial charge >= 0.3 is 5.97 Å². The molecule has 76 valence electrons. The first-order valence-electron chi connectivity index (χ1n) is 4.09. The van der Waals surface area contributed by atoms with Crippen LogP contribution in [0.25, 0.3) is 0 Å². The third-order valence-electron chi connectivity index (χ3n) is 1.73. The number of aryl methyl sites for hydroxylation is 1. The third-order valence-corrected chi connectivity index (χ3v) is 1.73. The number of rotatable bonds is 3. The van der Waals surface area contributed by atoms with Gasteiger partial charge in [0.2, 0.25) is 0 Å². The van der Waals surface area contributed by atoms with Crippen molar-refractivity contribution in [3.63, 3.8) is 0 Å². The van der Waals surface area contributed by atoms with Crippen molar-refractivity contribution in [1.29, 1.82) is 0 Å². The predicted octanol–water partition coefficient (Wildman–Crippen LogP) is 1.69. The Morgan fingerprint density at radius 3 is 2.79 bits per heavy atom. The molecule has 0 spiro atoms. The number of hydrogen-bond donors (Lipinski definition) is 0. The molecule has 0 aliphatic carbocycles. The molecule has 1 aromatic rings. The Balaban J connectivity index is 2.60. The minimum atomic E-state index is -0.494. The van der Waals surface area contributed by atoms with Crippen molar-refractivity contribution >= 4 is 5.97 Å². The van der Waals surface area contributed by atoms with Crippen LogP contribution in [0.2, 0.25) is 0 Å². The highest BCUT2D eigenvalue weighted by atomic mass is 19.1. The van der Waals surface area contributed by atoms with Crippen molar-refractivity contribution in [2.45, 2.75) is 6.92 Å². The highest BCUT2D eigenvalue weighted by Gasteiger charge is 2.03. The Morgan fingerprint density at radius 2 is 2.21 bits per heavy atom. The molecule has 0 N–H and O–H groups in total. The number of methoxy groups -OCH3 is 1. The molecule has 0 bridgehead atoms. The lowest BCUT2D eigenvalue weighted by atomic mass is 10.2. The lowest BCUT2D eigenvalue weighted by Crippen LogP contribution is -2.12. The maximum Gasteiger partial charge on any atom is 0.343 e. The number of esters is 1. The summed E-state index contributed by atoms with van der Waals surface area (Å²) in [6.07, 6.45) is 0. The van der Waals surface area contributed by atoms with Gasteiger partial charge in [0.05, 0.1) is 7.11 Å². The number of carbonyl (C=O) groups is 1. The maximum absolute atomic E-state index is 13.0. The van der Waals surface area contributed by atoms with Gasteiger partial charge in [-0.2, -0.15) is 0 Å². The van der Waals surface area contributed by atoms with E-state index in [4.69, 9.17) is 4.74 Å². The van der Waals surface area contributed by atoms with Gasteiger partial charge in [0.1, 0.15) is 11.6 Å². The summed E-state index contributed by atoms with van der Waals surface area (Å²) in [6.45, 7) is 1.44. The molecule has 0 radical (unpaired) electrons. The second-order valence-corrected chi connectivity index (χ2v) is 2.78. The van der Waals surface area contributed by atoms with E-state index in [0.717, 1.165) is 0 Å². The zero-order valence-corrected chi connectivity index (χ0v) is 8.04. The van der Waals surface area contributed by atoms with Crippen LogP contribution in [-0.4, -0.2) is 19.7 Å². The number of hydrogen-bond acceptors (Lipinski definition) is 3. The second-order valence-electron chi connectivity index (χ2n) is 2.78. The summed E-state index contributed by atoms with van der Waals surface area (Å²) < 4.78 is 22.3. The van der Waals surface area contributed by atoms with Gasteiger partial charge in [-0.05, 0) is 18.6 Å². The number of carbonyl (C=O) groups excluding carboxylic acids is 1. The van der Waals surface area contributed by atoms with Crippen LogP contribution >= 0.6 is 0 Å². The fraction of sp³-hybridized carbons (Fsp3) is 0.300. The summed E-state index contributed by atoms with van der Waals surface area (Å²) >= 11 is 0. The summed E-state index contributed by atoms with van der Waals surface area (Å²) in [5.74, 6) is -0.531. The molecule has 3 nitrogen and oxygen atoms in total. The molecule has 0 amide bonds. The molecule has 0 saturated heterocycles. The Morgan fingerprint density at radius 1 is 1.50 bits per heavy atom. The van der Waals surface area contributed by atoms with E-state index in [-0.39, 0.29) is 12.4 Å². The number of ether oxygens (including phenoxy) is 2. The van der Waals surface area contributed by atoms with Crippen LogP contribution in [0.4, 0.5) is 4.39 Å². The normalized spacial score (nSPS) is 9.64. The zero-order valence-electron chi connectivity index (χ0n) is 8.04. The SMILES string of the molecule is COC(=O)COc1ccc(C)c(F)c1. The van der Waals surface area contributed by atoms with E-state index in [0.29, 0.717) is 11.3 Å². The van der Waals surface area contributed by atoms with Gasteiger partial charge in [0.25, 0.3) is 0 Å². The Bertz CT molecular complexity index is 336. The van der Waals surface area contributed by atoms with Gasteiger partial charge in [-0.25, -0.2) is 9.18 Å². The van der Waals surface area contributed by atoms with Gasteiger partial charge < -0.3 is 9.47 Å². The van der Waals surface area contributed by atoms with Crippen LogP contribution in [-0.2, 0) is 9.53 Å². The predicted molar refractivity (Wildman–Crippen MR) is 48.6 cm³/mol.